The third-order valence-electron chi connectivity index (χ3n) is 6.15. The van der Waals surface area contributed by atoms with Crippen molar-refractivity contribution in [3.8, 4) is 22.7 Å². The monoisotopic (exact) mass is 553 g/mol. The van der Waals surface area contributed by atoms with Crippen molar-refractivity contribution in [1.82, 2.24) is 9.55 Å². The van der Waals surface area contributed by atoms with E-state index in [0.29, 0.717) is 16.9 Å². The van der Waals surface area contributed by atoms with Crippen LogP contribution in [0.3, 0.4) is 0 Å². The second-order valence-electron chi connectivity index (χ2n) is 8.59. The lowest BCUT2D eigenvalue weighted by atomic mass is 9.99. The van der Waals surface area contributed by atoms with Gasteiger partial charge in [-0.1, -0.05) is 11.2 Å². The molecule has 0 saturated carbocycles. The minimum absolute atomic E-state index is 0.161. The van der Waals surface area contributed by atoms with Crippen LogP contribution >= 0.6 is 0 Å². The molecule has 0 amide bonds. The quantitative estimate of drug-likeness (QED) is 0.215. The zero-order valence-corrected chi connectivity index (χ0v) is 21.5. The highest BCUT2D eigenvalue weighted by atomic mass is 19.4. The lowest BCUT2D eigenvalue weighted by Gasteiger charge is -2.42. The van der Waals surface area contributed by atoms with E-state index in [1.165, 1.54) is 63.2 Å². The van der Waals surface area contributed by atoms with Gasteiger partial charge >= 0.3 is 6.36 Å². The van der Waals surface area contributed by atoms with E-state index in [4.69, 9.17) is 23.8 Å². The van der Waals surface area contributed by atoms with E-state index in [1.807, 2.05) is 6.92 Å². The van der Waals surface area contributed by atoms with Crippen molar-refractivity contribution in [2.45, 2.75) is 44.0 Å². The minimum atomic E-state index is -4.77. The lowest BCUT2D eigenvalue weighted by Crippen LogP contribution is -2.59. The van der Waals surface area contributed by atoms with Gasteiger partial charge in [0.05, 0.1) is 24.3 Å². The molecule has 0 aliphatic carbocycles. The number of oxime groups is 1. The van der Waals surface area contributed by atoms with Crippen LogP contribution in [0.2, 0.25) is 0 Å². The van der Waals surface area contributed by atoms with Crippen molar-refractivity contribution in [1.29, 1.82) is 0 Å². The number of imidazole rings is 1. The van der Waals surface area contributed by atoms with Crippen LogP contribution < -0.4 is 4.74 Å². The third kappa shape index (κ3) is 6.74. The van der Waals surface area contributed by atoms with Crippen LogP contribution in [0.4, 0.5) is 17.6 Å². The van der Waals surface area contributed by atoms with E-state index in [1.54, 1.807) is 23.9 Å². The van der Waals surface area contributed by atoms with Gasteiger partial charge in [0, 0.05) is 44.3 Å². The van der Waals surface area contributed by atoms with E-state index in [-0.39, 0.29) is 23.5 Å². The summed E-state index contributed by atoms with van der Waals surface area (Å²) in [5.74, 6) is -0.909. The Morgan fingerprint density at radius 3 is 2.28 bits per heavy atom. The largest absolute Gasteiger partial charge is 0.573 e. The van der Waals surface area contributed by atoms with Crippen molar-refractivity contribution in [3.05, 3.63) is 66.4 Å². The zero-order valence-electron chi connectivity index (χ0n) is 21.5. The van der Waals surface area contributed by atoms with E-state index >= 15 is 0 Å². The van der Waals surface area contributed by atoms with E-state index in [9.17, 15) is 17.6 Å². The van der Waals surface area contributed by atoms with Gasteiger partial charge in [0.25, 0.3) is 6.29 Å². The summed E-state index contributed by atoms with van der Waals surface area (Å²) < 4.78 is 79.7. The molecular weight excluding hydrogens is 526 g/mol. The van der Waals surface area contributed by atoms with Crippen LogP contribution in [-0.2, 0) is 23.8 Å². The molecular formula is C26H27F4N3O6. The molecule has 4 rings (SSSR count). The van der Waals surface area contributed by atoms with Gasteiger partial charge in [0.15, 0.2) is 6.10 Å². The Balaban J connectivity index is 1.42. The van der Waals surface area contributed by atoms with Gasteiger partial charge in [-0.15, -0.1) is 13.2 Å². The fraction of sp³-hybridized carbons (Fsp3) is 0.385. The van der Waals surface area contributed by atoms with Crippen LogP contribution in [0.5, 0.6) is 5.75 Å². The van der Waals surface area contributed by atoms with Gasteiger partial charge in [-0.25, -0.2) is 9.37 Å². The maximum absolute atomic E-state index is 14.8. The molecule has 0 radical (unpaired) electrons. The molecule has 1 aromatic heterocycles. The average molecular weight is 554 g/mol. The predicted octanol–water partition coefficient (Wildman–Crippen LogP) is 4.72. The molecule has 0 N–H and O–H groups in total. The number of nitrogens with zero attached hydrogens (tertiary/aromatic N) is 3. The van der Waals surface area contributed by atoms with Gasteiger partial charge < -0.3 is 33.1 Å². The number of hydrogen-bond acceptors (Lipinski definition) is 8. The Morgan fingerprint density at radius 2 is 1.67 bits per heavy atom. The topological polar surface area (TPSA) is 85.6 Å². The van der Waals surface area contributed by atoms with Gasteiger partial charge in [-0.3, -0.25) is 0 Å². The SMILES string of the molecule is CO[C@@H]1[C@@H](OC)[C@H](C)O[C@@H](O/N=C/c2ccc(-c3cn(-c4ccc(OC(F)(F)F)cc4)cn3)cc2F)[C@@H]1OC. The predicted molar refractivity (Wildman–Crippen MR) is 131 cm³/mol. The highest BCUT2D eigenvalue weighted by molar-refractivity contribution is 5.80. The molecule has 2 aromatic carbocycles. The fourth-order valence-corrected chi connectivity index (χ4v) is 4.27. The first-order valence-electron chi connectivity index (χ1n) is 11.8. The lowest BCUT2D eigenvalue weighted by molar-refractivity contribution is -0.305. The number of halogens is 4. The van der Waals surface area contributed by atoms with Crippen molar-refractivity contribution in [2.75, 3.05) is 21.3 Å². The smallest absolute Gasteiger partial charge is 0.406 e. The first-order chi connectivity index (χ1) is 18.6. The number of rotatable bonds is 9. The Kier molecular flexibility index (Phi) is 8.85. The number of hydrogen-bond donors (Lipinski definition) is 0. The Hall–Kier alpha value is -3.52. The number of alkyl halides is 3. The van der Waals surface area contributed by atoms with Crippen molar-refractivity contribution in [2.24, 2.45) is 5.16 Å². The molecule has 0 spiro atoms. The Morgan fingerprint density at radius 1 is 0.974 bits per heavy atom. The van der Waals surface area contributed by atoms with Gasteiger partial charge in [-0.05, 0) is 43.3 Å². The van der Waals surface area contributed by atoms with E-state index < -0.39 is 30.7 Å². The van der Waals surface area contributed by atoms with Gasteiger partial charge in [-0.2, -0.15) is 0 Å². The minimum Gasteiger partial charge on any atom is -0.406 e. The summed E-state index contributed by atoms with van der Waals surface area (Å²) in [7, 11) is 4.57. The average Bonchev–Trinajstić information content (AvgIpc) is 3.39. The maximum Gasteiger partial charge on any atom is 0.573 e. The summed E-state index contributed by atoms with van der Waals surface area (Å²) in [6, 6.07) is 9.73. The number of aromatic nitrogens is 2. The molecule has 1 aliphatic heterocycles. The van der Waals surface area contributed by atoms with E-state index in [2.05, 4.69) is 14.9 Å². The van der Waals surface area contributed by atoms with Crippen LogP contribution in [0.15, 0.2) is 60.1 Å². The summed E-state index contributed by atoms with van der Waals surface area (Å²) in [5, 5.41) is 3.89. The highest BCUT2D eigenvalue weighted by Gasteiger charge is 2.47. The number of methoxy groups -OCH3 is 3. The van der Waals surface area contributed by atoms with Crippen molar-refractivity contribution in [3.63, 3.8) is 0 Å². The molecule has 0 unspecified atom stereocenters. The molecule has 1 aliphatic rings. The van der Waals surface area contributed by atoms with E-state index in [0.717, 1.165) is 0 Å². The zero-order chi connectivity index (χ0) is 28.2. The van der Waals surface area contributed by atoms with Crippen LogP contribution in [0.25, 0.3) is 16.9 Å². The molecule has 5 atom stereocenters. The summed E-state index contributed by atoms with van der Waals surface area (Å²) in [6.07, 6.45) is -3.22. The molecule has 39 heavy (non-hydrogen) atoms. The van der Waals surface area contributed by atoms with Crippen LogP contribution in [-0.4, -0.2) is 74.2 Å². The Bertz CT molecular complexity index is 1270. The summed E-state index contributed by atoms with van der Waals surface area (Å²) >= 11 is 0. The molecule has 1 fully saturated rings. The van der Waals surface area contributed by atoms with Crippen molar-refractivity contribution >= 4 is 6.21 Å². The second kappa shape index (κ2) is 12.1. The molecule has 13 heteroatoms. The maximum atomic E-state index is 14.8. The number of benzene rings is 2. The Labute approximate surface area is 221 Å². The first kappa shape index (κ1) is 28.5. The molecule has 0 bridgehead atoms. The summed E-state index contributed by atoms with van der Waals surface area (Å²) in [5.41, 5.74) is 1.65. The molecule has 9 nitrogen and oxygen atoms in total. The normalized spacial score (nSPS) is 23.7. The first-order valence-corrected chi connectivity index (χ1v) is 11.8. The molecule has 3 aromatic rings. The number of ether oxygens (including phenoxy) is 5. The molecule has 210 valence electrons. The second-order valence-corrected chi connectivity index (χ2v) is 8.59. The highest BCUT2D eigenvalue weighted by Crippen LogP contribution is 2.28. The standard InChI is InChI=1S/C26H27F4N3O6/c1-15-22(34-2)23(35-3)24(36-4)25(37-15)39-32-12-17-6-5-16(11-20(17)27)21-13-33(14-31-21)18-7-9-19(10-8-18)38-26(28,29)30/h5-15,22-25H,1-4H3/b32-12+/t15-,22-,23+,24+,25-/m0/s1. The third-order valence-corrected chi connectivity index (χ3v) is 6.15. The van der Waals surface area contributed by atoms with Crippen molar-refractivity contribution < 1.29 is 46.1 Å². The van der Waals surface area contributed by atoms with Gasteiger partial charge in [0.1, 0.15) is 23.8 Å². The molecule has 1 saturated heterocycles. The fourth-order valence-electron chi connectivity index (χ4n) is 4.27. The van der Waals surface area contributed by atoms with Gasteiger partial charge in [0.2, 0.25) is 0 Å². The summed E-state index contributed by atoms with van der Waals surface area (Å²) in [4.78, 5) is 9.74. The summed E-state index contributed by atoms with van der Waals surface area (Å²) in [6.45, 7) is 1.81. The van der Waals surface area contributed by atoms with Crippen LogP contribution in [0.1, 0.15) is 12.5 Å². The van der Waals surface area contributed by atoms with Crippen LogP contribution in [0, 0.1) is 5.82 Å². The molecule has 2 heterocycles.